The lowest BCUT2D eigenvalue weighted by molar-refractivity contribution is 0.697. The van der Waals surface area contributed by atoms with E-state index < -0.39 is 0 Å². The smallest absolute Gasteiger partial charge is 0.244 e. The summed E-state index contributed by atoms with van der Waals surface area (Å²) >= 11 is 0. The van der Waals surface area contributed by atoms with Crippen molar-refractivity contribution in [1.82, 2.24) is 29.7 Å². The molecule has 4 N–H and O–H groups in total. The molecule has 100 valence electrons. The average Bonchev–Trinajstić information content (AvgIpc) is 2.94. The second-order valence-electron chi connectivity index (χ2n) is 2.90. The van der Waals surface area contributed by atoms with Gasteiger partial charge in [-0.15, -0.1) is 20.4 Å². The van der Waals surface area contributed by atoms with Gasteiger partial charge in [-0.25, -0.2) is 0 Å². The molecule has 0 aromatic carbocycles. The van der Waals surface area contributed by atoms with Gasteiger partial charge >= 0.3 is 0 Å². The van der Waals surface area contributed by atoms with Crippen molar-refractivity contribution >= 4 is 23.8 Å². The van der Waals surface area contributed by atoms with Crippen LogP contribution in [0.3, 0.4) is 0 Å². The van der Waals surface area contributed by atoms with Gasteiger partial charge in [-0.3, -0.25) is 0 Å². The van der Waals surface area contributed by atoms with Gasteiger partial charge in [-0.2, -0.15) is 9.35 Å². The second-order valence-corrected chi connectivity index (χ2v) is 2.90. The zero-order valence-electron chi connectivity index (χ0n) is 9.42. The number of hydrogen-bond acceptors (Lipinski definition) is 10. The molecule has 0 aliphatic heterocycles. The maximum absolute atomic E-state index is 8.33. The van der Waals surface area contributed by atoms with Gasteiger partial charge < -0.3 is 11.5 Å². The van der Waals surface area contributed by atoms with Crippen LogP contribution < -0.4 is 11.5 Å². The highest BCUT2D eigenvalue weighted by atomic mass is 15.7. The molecule has 0 atom stereocenters. The van der Waals surface area contributed by atoms with Crippen LogP contribution in [0.15, 0.2) is 20.7 Å². The van der Waals surface area contributed by atoms with E-state index in [1.54, 1.807) is 0 Å². The van der Waals surface area contributed by atoms with Crippen molar-refractivity contribution in [1.29, 1.82) is 0 Å². The Morgan fingerprint density at radius 3 is 1.55 bits per heavy atom. The lowest BCUT2D eigenvalue weighted by Gasteiger charge is -1.96. The molecule has 0 fully saturated rings. The molecule has 0 unspecified atom stereocenters. The fourth-order valence-corrected chi connectivity index (χ4v) is 1.02. The van der Waals surface area contributed by atoms with Gasteiger partial charge in [-0.05, 0) is 31.7 Å². The fourth-order valence-electron chi connectivity index (χ4n) is 1.02. The van der Waals surface area contributed by atoms with E-state index in [2.05, 4.69) is 50.9 Å². The summed E-state index contributed by atoms with van der Waals surface area (Å²) in [4.78, 5) is 5.02. The number of hydrogen-bond donors (Lipinski definition) is 2. The van der Waals surface area contributed by atoms with E-state index in [0.717, 1.165) is 9.35 Å². The van der Waals surface area contributed by atoms with Crippen LogP contribution in [-0.4, -0.2) is 29.7 Å². The van der Waals surface area contributed by atoms with Crippen LogP contribution in [0.5, 0.6) is 0 Å². The van der Waals surface area contributed by atoms with E-state index >= 15 is 0 Å². The fraction of sp³-hybridized carbons (Fsp3) is 0. The molecule has 0 amide bonds. The molecule has 0 bridgehead atoms. The highest BCUT2D eigenvalue weighted by molar-refractivity contribution is 5.29. The van der Waals surface area contributed by atoms with Crippen molar-refractivity contribution in [2.24, 2.45) is 20.7 Å². The summed E-state index contributed by atoms with van der Waals surface area (Å²) in [6, 6.07) is 0. The Morgan fingerprint density at radius 2 is 1.20 bits per heavy atom. The Kier molecular flexibility index (Phi) is 3.24. The minimum absolute atomic E-state index is 0.187. The molecule has 16 nitrogen and oxygen atoms in total. The highest BCUT2D eigenvalue weighted by Crippen LogP contribution is 2.16. The van der Waals surface area contributed by atoms with Gasteiger partial charge in [0.05, 0.1) is 0 Å². The zero-order valence-corrected chi connectivity index (χ0v) is 9.42. The molecule has 2 aromatic heterocycles. The molecule has 2 aromatic rings. The minimum Gasteiger partial charge on any atom is -0.366 e. The molecular formula is C4H4N16. The molecule has 0 spiro atoms. The molecule has 0 aliphatic carbocycles. The number of azide groups is 2. The minimum atomic E-state index is -0.245. The maximum atomic E-state index is 8.33. The third-order valence-electron chi connectivity index (χ3n) is 1.78. The Balaban J connectivity index is 2.44. The first-order chi connectivity index (χ1) is 9.67. The topological polar surface area (TPSA) is 236 Å². The predicted octanol–water partition coefficient (Wildman–Crippen LogP) is 0.596. The van der Waals surface area contributed by atoms with Crippen LogP contribution in [-0.2, 0) is 0 Å². The molecule has 0 saturated carbocycles. The van der Waals surface area contributed by atoms with E-state index in [9.17, 15) is 0 Å². The zero-order chi connectivity index (χ0) is 14.5. The number of aromatic nitrogens is 6. The van der Waals surface area contributed by atoms with Gasteiger partial charge in [0.25, 0.3) is 0 Å². The van der Waals surface area contributed by atoms with E-state index in [-0.39, 0.29) is 23.8 Å². The van der Waals surface area contributed by atoms with Gasteiger partial charge in [0.2, 0.25) is 23.8 Å². The number of nitrogens with zero attached hydrogens (tertiary/aromatic N) is 14. The number of rotatable bonds is 4. The van der Waals surface area contributed by atoms with Crippen molar-refractivity contribution < 1.29 is 0 Å². The molecule has 2 heterocycles. The lowest BCUT2D eigenvalue weighted by Crippen LogP contribution is -2.00. The second kappa shape index (κ2) is 5.17. The molecular weight excluding hydrogens is 272 g/mol. The van der Waals surface area contributed by atoms with E-state index in [1.165, 1.54) is 0 Å². The van der Waals surface area contributed by atoms with Gasteiger partial charge in [0.15, 0.2) is 0 Å². The van der Waals surface area contributed by atoms with Gasteiger partial charge in [0.1, 0.15) is 0 Å². The standard InChI is InChI=1S/C4H4N16/c5-1-9-11-3(13-15-7)19(1)17-18-20-2(6)10-12-4(20)14-16-8/h(H2,5,9)(H2,6,10)/b18-17+. The van der Waals surface area contributed by atoms with Crippen LogP contribution in [0.25, 0.3) is 20.9 Å². The first-order valence-electron chi connectivity index (χ1n) is 4.61. The predicted molar refractivity (Wildman–Crippen MR) is 62.1 cm³/mol. The lowest BCUT2D eigenvalue weighted by atomic mass is 11.0. The third kappa shape index (κ3) is 2.21. The normalized spacial score (nSPS) is 10.2. The average molecular weight is 276 g/mol. The van der Waals surface area contributed by atoms with Crippen molar-refractivity contribution in [2.75, 3.05) is 11.5 Å². The van der Waals surface area contributed by atoms with Crippen molar-refractivity contribution in [3.05, 3.63) is 20.9 Å². The van der Waals surface area contributed by atoms with Crippen molar-refractivity contribution in [2.45, 2.75) is 0 Å². The van der Waals surface area contributed by atoms with Crippen molar-refractivity contribution in [3.8, 4) is 0 Å². The van der Waals surface area contributed by atoms with Crippen LogP contribution in [0.1, 0.15) is 0 Å². The van der Waals surface area contributed by atoms with Gasteiger partial charge in [0, 0.05) is 9.82 Å². The Labute approximate surface area is 107 Å². The molecule has 0 aliphatic rings. The maximum Gasteiger partial charge on any atom is 0.244 e. The van der Waals surface area contributed by atoms with Gasteiger partial charge in [-0.1, -0.05) is 0 Å². The first-order valence-corrected chi connectivity index (χ1v) is 4.61. The summed E-state index contributed by atoms with van der Waals surface area (Å²) in [6.45, 7) is 0. The van der Waals surface area contributed by atoms with E-state index in [0.29, 0.717) is 0 Å². The summed E-state index contributed by atoms with van der Waals surface area (Å²) in [6.07, 6.45) is 0. The first kappa shape index (κ1) is 12.6. The van der Waals surface area contributed by atoms with Crippen LogP contribution in [0.4, 0.5) is 23.8 Å². The SMILES string of the molecule is [N-]=[N+]=Nc1nnc(N)n1/N=N/n1c(N)nnc1N=[N+]=[N-]. The highest BCUT2D eigenvalue weighted by Gasteiger charge is 2.09. The Hall–Kier alpha value is -3.90. The van der Waals surface area contributed by atoms with Crippen LogP contribution in [0, 0.1) is 0 Å². The Morgan fingerprint density at radius 1 is 0.800 bits per heavy atom. The molecule has 0 radical (unpaired) electrons. The molecule has 20 heavy (non-hydrogen) atoms. The summed E-state index contributed by atoms with van der Waals surface area (Å²) in [5.41, 5.74) is 27.5. The van der Waals surface area contributed by atoms with Crippen molar-refractivity contribution in [3.63, 3.8) is 0 Å². The van der Waals surface area contributed by atoms with Crippen LogP contribution >= 0.6 is 0 Å². The Bertz CT molecular complexity index is 681. The largest absolute Gasteiger partial charge is 0.366 e. The number of anilines is 2. The molecule has 2 rings (SSSR count). The summed E-state index contributed by atoms with van der Waals surface area (Å²) < 4.78 is 1.66. The summed E-state index contributed by atoms with van der Waals surface area (Å²) in [5, 5.41) is 27.3. The van der Waals surface area contributed by atoms with E-state index in [1.807, 2.05) is 0 Å². The summed E-state index contributed by atoms with van der Waals surface area (Å²) in [5.74, 6) is -0.863. The number of nitrogens with two attached hydrogens (primary N) is 2. The molecule has 0 saturated heterocycles. The van der Waals surface area contributed by atoms with E-state index in [4.69, 9.17) is 22.5 Å². The number of nitrogen functional groups attached to an aromatic ring is 2. The summed E-state index contributed by atoms with van der Waals surface area (Å²) in [7, 11) is 0. The quantitative estimate of drug-likeness (QED) is 0.459. The van der Waals surface area contributed by atoms with Crippen LogP contribution in [0.2, 0.25) is 0 Å². The third-order valence-corrected chi connectivity index (χ3v) is 1.78. The molecule has 16 heteroatoms. The monoisotopic (exact) mass is 276 g/mol.